The molecule has 1 saturated heterocycles. The Morgan fingerprint density at radius 2 is 2.23 bits per heavy atom. The van der Waals surface area contributed by atoms with Crippen LogP contribution in [0.1, 0.15) is 13.3 Å². The standard InChI is InChI=1S/C9H18O4/c1-2-9(6-13-7-9)5-12-4-8(11)3-10/h8,10-11H,2-7H2,1H3. The first-order chi connectivity index (χ1) is 6.22. The van der Waals surface area contributed by atoms with E-state index in [-0.39, 0.29) is 18.6 Å². The van der Waals surface area contributed by atoms with Crippen molar-refractivity contribution in [3.8, 4) is 0 Å². The zero-order chi connectivity index (χ0) is 9.73. The van der Waals surface area contributed by atoms with Gasteiger partial charge in [0.05, 0.1) is 33.0 Å². The van der Waals surface area contributed by atoms with Gasteiger partial charge in [-0.1, -0.05) is 6.92 Å². The van der Waals surface area contributed by atoms with Crippen LogP contribution in [-0.2, 0) is 9.47 Å². The Morgan fingerprint density at radius 1 is 1.54 bits per heavy atom. The molecule has 1 atom stereocenters. The van der Waals surface area contributed by atoms with Crippen LogP contribution in [0.2, 0.25) is 0 Å². The molecular formula is C9H18O4. The highest BCUT2D eigenvalue weighted by molar-refractivity contribution is 4.83. The van der Waals surface area contributed by atoms with Crippen LogP contribution >= 0.6 is 0 Å². The number of ether oxygens (including phenoxy) is 2. The van der Waals surface area contributed by atoms with Crippen LogP contribution in [0.15, 0.2) is 0 Å². The molecule has 1 heterocycles. The molecule has 1 rings (SSSR count). The fourth-order valence-electron chi connectivity index (χ4n) is 1.24. The zero-order valence-electron chi connectivity index (χ0n) is 8.03. The molecule has 0 aromatic rings. The van der Waals surface area contributed by atoms with Crippen molar-refractivity contribution in [1.82, 2.24) is 0 Å². The largest absolute Gasteiger partial charge is 0.394 e. The number of hydrogen-bond acceptors (Lipinski definition) is 4. The first-order valence-electron chi connectivity index (χ1n) is 4.67. The first kappa shape index (κ1) is 10.9. The van der Waals surface area contributed by atoms with Gasteiger partial charge in [0.1, 0.15) is 6.10 Å². The van der Waals surface area contributed by atoms with Gasteiger partial charge >= 0.3 is 0 Å². The van der Waals surface area contributed by atoms with Crippen molar-refractivity contribution < 1.29 is 19.7 Å². The van der Waals surface area contributed by atoms with Gasteiger partial charge in [-0.2, -0.15) is 0 Å². The summed E-state index contributed by atoms with van der Waals surface area (Å²) in [5.74, 6) is 0. The van der Waals surface area contributed by atoms with Gasteiger partial charge in [-0.3, -0.25) is 0 Å². The summed E-state index contributed by atoms with van der Waals surface area (Å²) < 4.78 is 10.4. The van der Waals surface area contributed by atoms with Crippen molar-refractivity contribution in [2.45, 2.75) is 19.4 Å². The van der Waals surface area contributed by atoms with Crippen molar-refractivity contribution in [2.75, 3.05) is 33.0 Å². The van der Waals surface area contributed by atoms with Crippen molar-refractivity contribution in [3.63, 3.8) is 0 Å². The van der Waals surface area contributed by atoms with E-state index in [0.29, 0.717) is 6.61 Å². The lowest BCUT2D eigenvalue weighted by molar-refractivity contribution is -0.156. The number of rotatable bonds is 6. The monoisotopic (exact) mass is 190 g/mol. The predicted octanol–water partition coefficient (Wildman–Crippen LogP) is -0.217. The van der Waals surface area contributed by atoms with E-state index in [1.165, 1.54) is 0 Å². The van der Waals surface area contributed by atoms with Crippen molar-refractivity contribution in [1.29, 1.82) is 0 Å². The summed E-state index contributed by atoms with van der Waals surface area (Å²) in [7, 11) is 0. The van der Waals surface area contributed by atoms with E-state index in [2.05, 4.69) is 6.92 Å². The molecule has 0 aliphatic carbocycles. The fourth-order valence-corrected chi connectivity index (χ4v) is 1.24. The second-order valence-corrected chi connectivity index (χ2v) is 3.70. The molecule has 1 fully saturated rings. The molecule has 0 spiro atoms. The molecule has 1 aliphatic rings. The van der Waals surface area contributed by atoms with Gasteiger partial charge in [-0.25, -0.2) is 0 Å². The van der Waals surface area contributed by atoms with Gasteiger partial charge in [-0.05, 0) is 6.42 Å². The third-order valence-corrected chi connectivity index (χ3v) is 2.50. The molecule has 0 aromatic heterocycles. The van der Waals surface area contributed by atoms with Crippen LogP contribution in [0.4, 0.5) is 0 Å². The Kier molecular flexibility index (Phi) is 4.12. The molecule has 0 bridgehead atoms. The van der Waals surface area contributed by atoms with Crippen molar-refractivity contribution in [3.05, 3.63) is 0 Å². The molecule has 4 nitrogen and oxygen atoms in total. The maximum atomic E-state index is 9.01. The molecular weight excluding hydrogens is 172 g/mol. The zero-order valence-corrected chi connectivity index (χ0v) is 8.03. The molecule has 78 valence electrons. The van der Waals surface area contributed by atoms with E-state index in [0.717, 1.165) is 19.6 Å². The first-order valence-corrected chi connectivity index (χ1v) is 4.67. The Balaban J connectivity index is 2.10. The lowest BCUT2D eigenvalue weighted by Crippen LogP contribution is -2.46. The Bertz CT molecular complexity index is 139. The Hall–Kier alpha value is -0.160. The quantitative estimate of drug-likeness (QED) is 0.608. The summed E-state index contributed by atoms with van der Waals surface area (Å²) in [5, 5.41) is 17.5. The van der Waals surface area contributed by atoms with Gasteiger partial charge in [-0.15, -0.1) is 0 Å². The number of aliphatic hydroxyl groups excluding tert-OH is 2. The summed E-state index contributed by atoms with van der Waals surface area (Å²) >= 11 is 0. The molecule has 0 aromatic carbocycles. The Labute approximate surface area is 78.5 Å². The molecule has 1 aliphatic heterocycles. The molecule has 1 unspecified atom stereocenters. The van der Waals surface area contributed by atoms with Gasteiger partial charge in [0.25, 0.3) is 0 Å². The maximum absolute atomic E-state index is 9.01. The average Bonchev–Trinajstić information content (AvgIpc) is 2.09. The van der Waals surface area contributed by atoms with Crippen LogP contribution in [0.3, 0.4) is 0 Å². The molecule has 0 saturated carbocycles. The van der Waals surface area contributed by atoms with E-state index in [1.807, 2.05) is 0 Å². The van der Waals surface area contributed by atoms with Gasteiger partial charge in [0, 0.05) is 5.41 Å². The van der Waals surface area contributed by atoms with Crippen LogP contribution in [0, 0.1) is 5.41 Å². The topological polar surface area (TPSA) is 58.9 Å². The average molecular weight is 190 g/mol. The minimum absolute atomic E-state index is 0.162. The lowest BCUT2D eigenvalue weighted by atomic mass is 9.84. The fraction of sp³-hybridized carbons (Fsp3) is 1.00. The third kappa shape index (κ3) is 2.91. The normalized spacial score (nSPS) is 22.4. The summed E-state index contributed by atoms with van der Waals surface area (Å²) in [6.45, 7) is 4.18. The maximum Gasteiger partial charge on any atom is 0.100 e. The highest BCUT2D eigenvalue weighted by atomic mass is 16.5. The molecule has 2 N–H and O–H groups in total. The summed E-state index contributed by atoms with van der Waals surface area (Å²) in [4.78, 5) is 0. The second kappa shape index (κ2) is 4.91. The minimum atomic E-state index is -0.755. The SMILES string of the molecule is CCC1(COCC(O)CO)COC1. The van der Waals surface area contributed by atoms with Gasteiger partial charge in [0.15, 0.2) is 0 Å². The molecule has 0 radical (unpaired) electrons. The van der Waals surface area contributed by atoms with E-state index < -0.39 is 6.10 Å². The second-order valence-electron chi connectivity index (χ2n) is 3.70. The number of aliphatic hydroxyl groups is 2. The number of hydrogen-bond donors (Lipinski definition) is 2. The van der Waals surface area contributed by atoms with E-state index in [1.54, 1.807) is 0 Å². The molecule has 4 heteroatoms. The van der Waals surface area contributed by atoms with Crippen LogP contribution < -0.4 is 0 Å². The van der Waals surface area contributed by atoms with E-state index in [9.17, 15) is 0 Å². The van der Waals surface area contributed by atoms with Crippen molar-refractivity contribution in [2.24, 2.45) is 5.41 Å². The van der Waals surface area contributed by atoms with E-state index in [4.69, 9.17) is 19.7 Å². The summed E-state index contributed by atoms with van der Waals surface area (Å²) in [6.07, 6.45) is 0.275. The minimum Gasteiger partial charge on any atom is -0.394 e. The van der Waals surface area contributed by atoms with Gasteiger partial charge < -0.3 is 19.7 Å². The highest BCUT2D eigenvalue weighted by Crippen LogP contribution is 2.31. The van der Waals surface area contributed by atoms with Crippen LogP contribution in [-0.4, -0.2) is 49.4 Å². The molecule has 13 heavy (non-hydrogen) atoms. The third-order valence-electron chi connectivity index (χ3n) is 2.50. The van der Waals surface area contributed by atoms with Crippen LogP contribution in [0.5, 0.6) is 0 Å². The van der Waals surface area contributed by atoms with Crippen LogP contribution in [0.25, 0.3) is 0 Å². The summed E-state index contributed by atoms with van der Waals surface area (Å²) in [5.41, 5.74) is 0.162. The van der Waals surface area contributed by atoms with E-state index >= 15 is 0 Å². The smallest absolute Gasteiger partial charge is 0.100 e. The molecule has 0 amide bonds. The van der Waals surface area contributed by atoms with Gasteiger partial charge in [0.2, 0.25) is 0 Å². The highest BCUT2D eigenvalue weighted by Gasteiger charge is 2.37. The predicted molar refractivity (Wildman–Crippen MR) is 47.5 cm³/mol. The van der Waals surface area contributed by atoms with Crippen molar-refractivity contribution >= 4 is 0 Å². The Morgan fingerprint density at radius 3 is 2.62 bits per heavy atom. The summed E-state index contributed by atoms with van der Waals surface area (Å²) in [6, 6.07) is 0. The lowest BCUT2D eigenvalue weighted by Gasteiger charge is -2.40.